The highest BCUT2D eigenvalue weighted by atomic mass is 16.3. The fourth-order valence-electron chi connectivity index (χ4n) is 2.62. The van der Waals surface area contributed by atoms with Crippen LogP contribution in [-0.4, -0.2) is 17.0 Å². The zero-order chi connectivity index (χ0) is 11.6. The summed E-state index contributed by atoms with van der Waals surface area (Å²) in [5, 5.41) is 9.31. The number of carbonyl (C=O) groups excluding carboxylic acids is 1. The van der Waals surface area contributed by atoms with Gasteiger partial charge in [-0.1, -0.05) is 19.4 Å². The van der Waals surface area contributed by atoms with E-state index in [1.807, 2.05) is 13.8 Å². The van der Waals surface area contributed by atoms with Gasteiger partial charge in [-0.3, -0.25) is 4.79 Å². The lowest BCUT2D eigenvalue weighted by atomic mass is 9.66. The minimum Gasteiger partial charge on any atom is -0.393 e. The summed E-state index contributed by atoms with van der Waals surface area (Å²) < 4.78 is 0. The molecule has 0 saturated heterocycles. The average molecular weight is 210 g/mol. The zero-order valence-electron chi connectivity index (χ0n) is 10.2. The summed E-state index contributed by atoms with van der Waals surface area (Å²) in [6, 6.07) is 0. The molecule has 0 spiro atoms. The minimum atomic E-state index is -0.244. The molecule has 2 atom stereocenters. The summed E-state index contributed by atoms with van der Waals surface area (Å²) in [7, 11) is 0. The van der Waals surface area contributed by atoms with E-state index in [1.165, 1.54) is 5.57 Å². The molecule has 15 heavy (non-hydrogen) atoms. The number of hydrogen-bond donors (Lipinski definition) is 1. The quantitative estimate of drug-likeness (QED) is 0.777. The van der Waals surface area contributed by atoms with Crippen LogP contribution in [0.3, 0.4) is 0 Å². The number of aliphatic hydroxyl groups excluding tert-OH is 1. The molecule has 2 nitrogen and oxygen atoms in total. The van der Waals surface area contributed by atoms with Gasteiger partial charge in [0.1, 0.15) is 0 Å². The molecule has 0 aromatic heterocycles. The van der Waals surface area contributed by atoms with E-state index in [9.17, 15) is 9.90 Å². The molecule has 86 valence electrons. The lowest BCUT2D eigenvalue weighted by molar-refractivity contribution is -0.117. The van der Waals surface area contributed by atoms with E-state index in [4.69, 9.17) is 0 Å². The van der Waals surface area contributed by atoms with Crippen molar-refractivity contribution in [2.45, 2.75) is 53.1 Å². The first-order valence-electron chi connectivity index (χ1n) is 5.72. The maximum Gasteiger partial charge on any atom is 0.156 e. The molecule has 0 bridgehead atoms. The van der Waals surface area contributed by atoms with Crippen LogP contribution in [0.2, 0.25) is 0 Å². The monoisotopic (exact) mass is 210 g/mol. The second-order valence-corrected chi connectivity index (χ2v) is 5.50. The first-order chi connectivity index (χ1) is 6.83. The first-order valence-corrected chi connectivity index (χ1v) is 5.72. The van der Waals surface area contributed by atoms with Crippen molar-refractivity contribution in [2.75, 3.05) is 0 Å². The molecule has 2 unspecified atom stereocenters. The molecular weight excluding hydrogens is 188 g/mol. The van der Waals surface area contributed by atoms with Gasteiger partial charge in [0, 0.05) is 6.42 Å². The van der Waals surface area contributed by atoms with E-state index < -0.39 is 0 Å². The standard InChI is InChI=1S/C13H22O2/c1-9-7-11(15)8-13(3,4)12(9)6-5-10(2)14/h7,10,12,14H,5-6,8H2,1-4H3. The smallest absolute Gasteiger partial charge is 0.156 e. The lowest BCUT2D eigenvalue weighted by Crippen LogP contribution is -2.32. The zero-order valence-corrected chi connectivity index (χ0v) is 10.2. The second-order valence-electron chi connectivity index (χ2n) is 5.50. The third-order valence-electron chi connectivity index (χ3n) is 3.38. The predicted molar refractivity (Wildman–Crippen MR) is 61.6 cm³/mol. The van der Waals surface area contributed by atoms with Gasteiger partial charge in [-0.25, -0.2) is 0 Å². The number of hydrogen-bond acceptors (Lipinski definition) is 2. The van der Waals surface area contributed by atoms with E-state index in [2.05, 4.69) is 13.8 Å². The largest absolute Gasteiger partial charge is 0.393 e. The van der Waals surface area contributed by atoms with E-state index in [-0.39, 0.29) is 17.3 Å². The van der Waals surface area contributed by atoms with Crippen LogP contribution >= 0.6 is 0 Å². The van der Waals surface area contributed by atoms with Gasteiger partial charge >= 0.3 is 0 Å². The maximum atomic E-state index is 11.4. The van der Waals surface area contributed by atoms with Crippen molar-refractivity contribution < 1.29 is 9.90 Å². The van der Waals surface area contributed by atoms with Crippen LogP contribution in [0, 0.1) is 11.3 Å². The van der Waals surface area contributed by atoms with Crippen LogP contribution in [0.4, 0.5) is 0 Å². The Bertz CT molecular complexity index is 274. The van der Waals surface area contributed by atoms with Gasteiger partial charge in [-0.05, 0) is 44.1 Å². The minimum absolute atomic E-state index is 0.0464. The van der Waals surface area contributed by atoms with E-state index in [0.717, 1.165) is 12.8 Å². The van der Waals surface area contributed by atoms with Crippen molar-refractivity contribution in [3.8, 4) is 0 Å². The third kappa shape index (κ3) is 3.16. The van der Waals surface area contributed by atoms with Gasteiger partial charge in [0.25, 0.3) is 0 Å². The SMILES string of the molecule is CC1=CC(=O)CC(C)(C)C1CCC(C)O. The summed E-state index contributed by atoms with van der Waals surface area (Å²) in [5.41, 5.74) is 1.22. The van der Waals surface area contributed by atoms with Crippen molar-refractivity contribution in [1.29, 1.82) is 0 Å². The van der Waals surface area contributed by atoms with Crippen molar-refractivity contribution in [3.05, 3.63) is 11.6 Å². The van der Waals surface area contributed by atoms with Crippen LogP contribution in [0.15, 0.2) is 11.6 Å². The number of aliphatic hydroxyl groups is 1. The number of allylic oxidation sites excluding steroid dienone is 2. The van der Waals surface area contributed by atoms with E-state index >= 15 is 0 Å². The summed E-state index contributed by atoms with van der Waals surface area (Å²) in [4.78, 5) is 11.4. The van der Waals surface area contributed by atoms with Crippen molar-refractivity contribution in [1.82, 2.24) is 0 Å². The number of rotatable bonds is 3. The summed E-state index contributed by atoms with van der Waals surface area (Å²) in [5.74, 6) is 0.676. The molecule has 0 radical (unpaired) electrons. The molecule has 0 saturated carbocycles. The number of carbonyl (C=O) groups is 1. The Morgan fingerprint density at radius 1 is 1.60 bits per heavy atom. The van der Waals surface area contributed by atoms with Crippen molar-refractivity contribution >= 4 is 5.78 Å². The van der Waals surface area contributed by atoms with Gasteiger partial charge < -0.3 is 5.11 Å². The molecule has 0 aromatic rings. The lowest BCUT2D eigenvalue weighted by Gasteiger charge is -2.38. The number of ketones is 1. The molecule has 0 amide bonds. The molecule has 0 fully saturated rings. The highest BCUT2D eigenvalue weighted by molar-refractivity contribution is 5.91. The molecular formula is C13H22O2. The Morgan fingerprint density at radius 3 is 2.67 bits per heavy atom. The van der Waals surface area contributed by atoms with Crippen LogP contribution in [0.1, 0.15) is 47.0 Å². The molecule has 0 aromatic carbocycles. The van der Waals surface area contributed by atoms with Gasteiger partial charge in [0.15, 0.2) is 5.78 Å². The van der Waals surface area contributed by atoms with Gasteiger partial charge in [-0.15, -0.1) is 0 Å². The molecule has 1 rings (SSSR count). The Morgan fingerprint density at radius 2 is 2.20 bits per heavy atom. The highest BCUT2D eigenvalue weighted by Gasteiger charge is 2.35. The van der Waals surface area contributed by atoms with Crippen LogP contribution in [-0.2, 0) is 4.79 Å². The van der Waals surface area contributed by atoms with Crippen LogP contribution in [0.25, 0.3) is 0 Å². The highest BCUT2D eigenvalue weighted by Crippen LogP contribution is 2.42. The van der Waals surface area contributed by atoms with Gasteiger partial charge in [0.05, 0.1) is 6.10 Å². The Kier molecular flexibility index (Phi) is 3.72. The van der Waals surface area contributed by atoms with Gasteiger partial charge in [-0.2, -0.15) is 0 Å². The maximum absolute atomic E-state index is 11.4. The third-order valence-corrected chi connectivity index (χ3v) is 3.38. The molecule has 1 aliphatic carbocycles. The average Bonchev–Trinajstić information content (AvgIpc) is 1.98. The van der Waals surface area contributed by atoms with Crippen LogP contribution in [0.5, 0.6) is 0 Å². The van der Waals surface area contributed by atoms with E-state index in [0.29, 0.717) is 12.3 Å². The topological polar surface area (TPSA) is 37.3 Å². The fourth-order valence-corrected chi connectivity index (χ4v) is 2.62. The molecule has 0 heterocycles. The summed E-state index contributed by atoms with van der Waals surface area (Å²) >= 11 is 0. The van der Waals surface area contributed by atoms with E-state index in [1.54, 1.807) is 6.08 Å². The summed E-state index contributed by atoms with van der Waals surface area (Å²) in [6.45, 7) is 8.15. The Balaban J connectivity index is 2.75. The normalized spacial score (nSPS) is 27.4. The molecule has 1 aliphatic rings. The van der Waals surface area contributed by atoms with Crippen molar-refractivity contribution in [3.63, 3.8) is 0 Å². The molecule has 0 aliphatic heterocycles. The van der Waals surface area contributed by atoms with Gasteiger partial charge in [0.2, 0.25) is 0 Å². The Labute approximate surface area is 92.4 Å². The molecule has 2 heteroatoms. The Hall–Kier alpha value is -0.630. The predicted octanol–water partition coefficient (Wildman–Crippen LogP) is 2.71. The first kappa shape index (κ1) is 12.4. The second kappa shape index (κ2) is 4.48. The fraction of sp³-hybridized carbons (Fsp3) is 0.769. The van der Waals surface area contributed by atoms with Crippen LogP contribution < -0.4 is 0 Å². The van der Waals surface area contributed by atoms with Crippen molar-refractivity contribution in [2.24, 2.45) is 11.3 Å². The molecule has 1 N–H and O–H groups in total. The summed E-state index contributed by atoms with van der Waals surface area (Å²) in [6.07, 6.45) is 3.95.